The third-order valence-corrected chi connectivity index (χ3v) is 3.53. The Bertz CT molecular complexity index is 825. The van der Waals surface area contributed by atoms with Crippen molar-refractivity contribution in [2.45, 2.75) is 6.42 Å². The van der Waals surface area contributed by atoms with E-state index in [1.807, 2.05) is 0 Å². The minimum absolute atomic E-state index is 0.0859. The molecular formula is C14H12N2O6S. The summed E-state index contributed by atoms with van der Waals surface area (Å²) in [6.45, 7) is 0. The zero-order chi connectivity index (χ0) is 17.0. The van der Waals surface area contributed by atoms with Gasteiger partial charge in [-0.1, -0.05) is 30.3 Å². The molecule has 0 saturated heterocycles. The molecule has 0 amide bonds. The summed E-state index contributed by atoms with van der Waals surface area (Å²) >= 11 is 0. The fourth-order valence-corrected chi connectivity index (χ4v) is 2.52. The van der Waals surface area contributed by atoms with Crippen molar-refractivity contribution in [2.24, 2.45) is 0 Å². The Hall–Kier alpha value is -2.94. The highest BCUT2D eigenvalue weighted by Crippen LogP contribution is 2.31. The number of carboxylic acid groups (broad SMARTS) is 1. The molecular weight excluding hydrogens is 324 g/mol. The standard InChI is InChI=1S/C14H12N2O6S/c17-14(18)10-7-12(15-23(21)22)11(13(8-10)16(19)20)6-9-4-2-1-3-5-9/h1-5,7-8,23H,6H2,(H,17,18)(H,15,21,22). The smallest absolute Gasteiger partial charge is 0.336 e. The van der Waals surface area contributed by atoms with E-state index < -0.39 is 27.5 Å². The zero-order valence-electron chi connectivity index (χ0n) is 11.6. The molecule has 0 saturated carbocycles. The molecule has 0 aliphatic rings. The van der Waals surface area contributed by atoms with Crippen molar-refractivity contribution in [1.82, 2.24) is 0 Å². The van der Waals surface area contributed by atoms with Crippen molar-refractivity contribution in [3.63, 3.8) is 0 Å². The van der Waals surface area contributed by atoms with Gasteiger partial charge in [-0.15, -0.1) is 0 Å². The number of thiol groups is 1. The van der Waals surface area contributed by atoms with Crippen molar-refractivity contribution >= 4 is 28.2 Å². The second kappa shape index (κ2) is 6.88. The van der Waals surface area contributed by atoms with Gasteiger partial charge in [0.2, 0.25) is 10.9 Å². The first-order valence-electron chi connectivity index (χ1n) is 6.38. The molecule has 0 aliphatic heterocycles. The van der Waals surface area contributed by atoms with Crippen LogP contribution in [-0.4, -0.2) is 24.4 Å². The van der Waals surface area contributed by atoms with Gasteiger partial charge in [0.15, 0.2) is 0 Å². The summed E-state index contributed by atoms with van der Waals surface area (Å²) in [6, 6.07) is 10.7. The number of nitro groups is 1. The van der Waals surface area contributed by atoms with Gasteiger partial charge in [0, 0.05) is 12.5 Å². The molecule has 0 bridgehead atoms. The predicted molar refractivity (Wildman–Crippen MR) is 83.2 cm³/mol. The SMILES string of the molecule is O=C(O)c1cc(N[SH](=O)=O)c(Cc2ccccc2)c([N+](=O)[O-])c1. The monoisotopic (exact) mass is 336 g/mol. The number of aromatic carboxylic acids is 1. The molecule has 8 nitrogen and oxygen atoms in total. The van der Waals surface area contributed by atoms with E-state index in [0.717, 1.165) is 17.7 Å². The molecule has 2 N–H and O–H groups in total. The summed E-state index contributed by atoms with van der Waals surface area (Å²) in [5.74, 6) is -1.39. The lowest BCUT2D eigenvalue weighted by molar-refractivity contribution is -0.385. The summed E-state index contributed by atoms with van der Waals surface area (Å²) in [5.41, 5.74) is -0.106. The molecule has 0 radical (unpaired) electrons. The van der Waals surface area contributed by atoms with Crippen LogP contribution in [0.2, 0.25) is 0 Å². The first-order valence-corrected chi connectivity index (χ1v) is 7.56. The second-order valence-corrected chi connectivity index (χ2v) is 5.35. The highest BCUT2D eigenvalue weighted by molar-refractivity contribution is 7.73. The van der Waals surface area contributed by atoms with Crippen molar-refractivity contribution < 1.29 is 23.2 Å². The number of hydrogen-bond acceptors (Lipinski definition) is 5. The maximum atomic E-state index is 11.3. The molecule has 0 fully saturated rings. The van der Waals surface area contributed by atoms with Gasteiger partial charge in [-0.3, -0.25) is 14.8 Å². The molecule has 120 valence electrons. The Kier molecular flexibility index (Phi) is 4.91. The first kappa shape index (κ1) is 16.4. The van der Waals surface area contributed by atoms with Crippen LogP contribution in [0, 0.1) is 10.1 Å². The molecule has 0 heterocycles. The Balaban J connectivity index is 2.64. The number of anilines is 1. The van der Waals surface area contributed by atoms with Gasteiger partial charge < -0.3 is 5.11 Å². The van der Waals surface area contributed by atoms with Crippen LogP contribution in [0.3, 0.4) is 0 Å². The largest absolute Gasteiger partial charge is 0.478 e. The van der Waals surface area contributed by atoms with Crippen molar-refractivity contribution in [2.75, 3.05) is 4.72 Å². The van der Waals surface area contributed by atoms with Crippen molar-refractivity contribution in [3.8, 4) is 0 Å². The molecule has 0 unspecified atom stereocenters. The highest BCUT2D eigenvalue weighted by atomic mass is 32.2. The number of rotatable bonds is 6. The molecule has 2 rings (SSSR count). The van der Waals surface area contributed by atoms with Gasteiger partial charge >= 0.3 is 5.97 Å². The Morgan fingerprint density at radius 1 is 1.22 bits per heavy atom. The minimum Gasteiger partial charge on any atom is -0.478 e. The Morgan fingerprint density at radius 2 is 1.87 bits per heavy atom. The molecule has 0 aromatic heterocycles. The number of benzene rings is 2. The average molecular weight is 336 g/mol. The number of nitro benzene ring substituents is 1. The van der Waals surface area contributed by atoms with Crippen LogP contribution in [0.4, 0.5) is 11.4 Å². The second-order valence-electron chi connectivity index (χ2n) is 4.62. The van der Waals surface area contributed by atoms with Gasteiger partial charge in [0.25, 0.3) is 5.69 Å². The van der Waals surface area contributed by atoms with Crippen LogP contribution in [0.15, 0.2) is 42.5 Å². The quantitative estimate of drug-likeness (QED) is 0.419. The van der Waals surface area contributed by atoms with E-state index in [0.29, 0.717) is 0 Å². The van der Waals surface area contributed by atoms with Gasteiger partial charge in [0.1, 0.15) is 0 Å². The fourth-order valence-electron chi connectivity index (χ4n) is 2.13. The third-order valence-electron chi connectivity index (χ3n) is 3.11. The Labute approximate surface area is 132 Å². The maximum absolute atomic E-state index is 11.3. The van der Waals surface area contributed by atoms with Gasteiger partial charge in [-0.05, 0) is 11.6 Å². The first-order chi connectivity index (χ1) is 10.9. The van der Waals surface area contributed by atoms with E-state index in [-0.39, 0.29) is 23.2 Å². The highest BCUT2D eigenvalue weighted by Gasteiger charge is 2.22. The van der Waals surface area contributed by atoms with E-state index in [1.165, 1.54) is 0 Å². The van der Waals surface area contributed by atoms with Crippen LogP contribution in [0.1, 0.15) is 21.5 Å². The van der Waals surface area contributed by atoms with E-state index in [1.54, 1.807) is 30.3 Å². The number of carbonyl (C=O) groups is 1. The lowest BCUT2D eigenvalue weighted by atomic mass is 9.99. The van der Waals surface area contributed by atoms with Crippen molar-refractivity contribution in [3.05, 3.63) is 69.3 Å². The summed E-state index contributed by atoms with van der Waals surface area (Å²) in [6.07, 6.45) is 0.0859. The van der Waals surface area contributed by atoms with Gasteiger partial charge in [0.05, 0.1) is 21.7 Å². The fraction of sp³-hybridized carbons (Fsp3) is 0.0714. The average Bonchev–Trinajstić information content (AvgIpc) is 2.48. The van der Waals surface area contributed by atoms with E-state index in [4.69, 9.17) is 5.11 Å². The number of nitrogens with one attached hydrogen (secondary N) is 1. The number of hydrogen-bond donors (Lipinski definition) is 3. The summed E-state index contributed by atoms with van der Waals surface area (Å²) in [4.78, 5) is 21.6. The van der Waals surface area contributed by atoms with Crippen LogP contribution in [0.5, 0.6) is 0 Å². The van der Waals surface area contributed by atoms with Crippen LogP contribution in [-0.2, 0) is 17.3 Å². The summed E-state index contributed by atoms with van der Waals surface area (Å²) in [7, 11) is -3.10. The normalized spacial score (nSPS) is 10.5. The van der Waals surface area contributed by atoms with Crippen LogP contribution in [0.25, 0.3) is 0 Å². The molecule has 0 spiro atoms. The van der Waals surface area contributed by atoms with E-state index >= 15 is 0 Å². The Morgan fingerprint density at radius 3 is 2.39 bits per heavy atom. The van der Waals surface area contributed by atoms with Crippen LogP contribution >= 0.6 is 0 Å². The molecule has 2 aromatic carbocycles. The predicted octanol–water partition coefficient (Wildman–Crippen LogP) is 1.82. The van der Waals surface area contributed by atoms with Crippen LogP contribution < -0.4 is 4.72 Å². The molecule has 9 heteroatoms. The molecule has 2 aromatic rings. The number of carboxylic acids is 1. The molecule has 0 atom stereocenters. The maximum Gasteiger partial charge on any atom is 0.336 e. The third kappa shape index (κ3) is 4.04. The van der Waals surface area contributed by atoms with Crippen molar-refractivity contribution in [1.29, 1.82) is 0 Å². The van der Waals surface area contributed by atoms with Gasteiger partial charge in [-0.25, -0.2) is 13.2 Å². The lowest BCUT2D eigenvalue weighted by Crippen LogP contribution is -2.08. The minimum atomic E-state index is -3.10. The number of nitrogens with zero attached hydrogens (tertiary/aromatic N) is 1. The molecule has 0 aliphatic carbocycles. The van der Waals surface area contributed by atoms with E-state index in [9.17, 15) is 23.3 Å². The summed E-state index contributed by atoms with van der Waals surface area (Å²) in [5, 5.41) is 20.3. The molecule has 23 heavy (non-hydrogen) atoms. The summed E-state index contributed by atoms with van der Waals surface area (Å²) < 4.78 is 24.0. The lowest BCUT2D eigenvalue weighted by Gasteiger charge is -2.11. The van der Waals surface area contributed by atoms with Gasteiger partial charge in [-0.2, -0.15) is 0 Å². The van der Waals surface area contributed by atoms with E-state index in [2.05, 4.69) is 4.72 Å². The zero-order valence-corrected chi connectivity index (χ0v) is 12.5. The topological polar surface area (TPSA) is 127 Å².